The average Bonchev–Trinajstić information content (AvgIpc) is 3.28. The van der Waals surface area contributed by atoms with Crippen molar-refractivity contribution in [3.8, 4) is 11.8 Å². The number of hydrogen-bond acceptors (Lipinski definition) is 9. The van der Waals surface area contributed by atoms with Crippen molar-refractivity contribution in [1.29, 1.82) is 0 Å². The van der Waals surface area contributed by atoms with E-state index in [-0.39, 0.29) is 36.9 Å². The molecule has 0 amide bonds. The SMILES string of the molecule is COc1cccc([C@H](C)Nc2nc(OCCN(C)S(=O)(=O)CCCN(C)C)nc3c(C(C)C)cnn23)c1. The second-order valence-corrected chi connectivity index (χ2v) is 11.8. The summed E-state index contributed by atoms with van der Waals surface area (Å²) in [7, 11) is 3.68. The number of rotatable bonds is 14. The molecule has 3 aromatic rings. The van der Waals surface area contributed by atoms with Crippen molar-refractivity contribution in [2.45, 2.75) is 39.2 Å². The van der Waals surface area contributed by atoms with Crippen LogP contribution in [0.25, 0.3) is 5.65 Å². The average molecular weight is 534 g/mol. The second kappa shape index (κ2) is 12.5. The van der Waals surface area contributed by atoms with Gasteiger partial charge in [0.2, 0.25) is 16.0 Å². The molecule has 1 atom stereocenters. The number of fused-ring (bicyclic) bond motifs is 1. The maximum atomic E-state index is 12.6. The zero-order valence-electron chi connectivity index (χ0n) is 22.8. The van der Waals surface area contributed by atoms with Crippen molar-refractivity contribution >= 4 is 21.6 Å². The minimum atomic E-state index is -3.37. The molecule has 0 aliphatic carbocycles. The molecule has 0 unspecified atom stereocenters. The predicted molar refractivity (Wildman–Crippen MR) is 145 cm³/mol. The van der Waals surface area contributed by atoms with E-state index in [2.05, 4.69) is 34.2 Å². The monoisotopic (exact) mass is 533 g/mol. The normalized spacial score (nSPS) is 13.0. The molecule has 0 radical (unpaired) electrons. The topological polar surface area (TPSA) is 114 Å². The fourth-order valence-electron chi connectivity index (χ4n) is 3.75. The summed E-state index contributed by atoms with van der Waals surface area (Å²) in [6.45, 7) is 7.19. The highest BCUT2D eigenvalue weighted by Gasteiger charge is 2.20. The molecule has 11 nitrogen and oxygen atoms in total. The third-order valence-electron chi connectivity index (χ3n) is 6.06. The molecule has 0 aliphatic rings. The number of ether oxygens (including phenoxy) is 2. The Balaban J connectivity index is 1.77. The lowest BCUT2D eigenvalue weighted by Gasteiger charge is -2.19. The van der Waals surface area contributed by atoms with Crippen molar-refractivity contribution in [3.05, 3.63) is 41.6 Å². The van der Waals surface area contributed by atoms with Crippen LogP contribution in [0.5, 0.6) is 11.8 Å². The lowest BCUT2D eigenvalue weighted by molar-refractivity contribution is 0.267. The highest BCUT2D eigenvalue weighted by molar-refractivity contribution is 7.89. The Labute approximate surface area is 219 Å². The van der Waals surface area contributed by atoms with E-state index in [1.165, 1.54) is 4.31 Å². The van der Waals surface area contributed by atoms with Gasteiger partial charge in [-0.2, -0.15) is 19.6 Å². The number of aromatic nitrogens is 4. The van der Waals surface area contributed by atoms with Crippen LogP contribution in [0.1, 0.15) is 50.3 Å². The minimum Gasteiger partial charge on any atom is -0.497 e. The van der Waals surface area contributed by atoms with E-state index in [0.29, 0.717) is 24.6 Å². The van der Waals surface area contributed by atoms with E-state index in [0.717, 1.165) is 16.9 Å². The molecule has 0 aliphatic heterocycles. The lowest BCUT2D eigenvalue weighted by Crippen LogP contribution is -2.33. The number of sulfonamides is 1. The highest BCUT2D eigenvalue weighted by Crippen LogP contribution is 2.26. The first-order chi connectivity index (χ1) is 17.5. The number of nitrogens with zero attached hydrogens (tertiary/aromatic N) is 6. The zero-order chi connectivity index (χ0) is 27.2. The van der Waals surface area contributed by atoms with Crippen LogP contribution in [-0.4, -0.2) is 90.9 Å². The summed E-state index contributed by atoms with van der Waals surface area (Å²) in [6.07, 6.45) is 2.36. The summed E-state index contributed by atoms with van der Waals surface area (Å²) in [4.78, 5) is 11.1. The fourth-order valence-corrected chi connectivity index (χ4v) is 4.91. The smallest absolute Gasteiger partial charge is 0.321 e. The molecule has 3 rings (SSSR count). The Morgan fingerprint density at radius 1 is 1.11 bits per heavy atom. The number of benzene rings is 1. The third kappa shape index (κ3) is 7.53. The van der Waals surface area contributed by atoms with Gasteiger partial charge >= 0.3 is 6.01 Å². The maximum absolute atomic E-state index is 12.6. The van der Waals surface area contributed by atoms with Gasteiger partial charge in [0, 0.05) is 19.2 Å². The van der Waals surface area contributed by atoms with Gasteiger partial charge in [-0.15, -0.1) is 0 Å². The van der Waals surface area contributed by atoms with Gasteiger partial charge in [-0.05, 0) is 57.6 Å². The van der Waals surface area contributed by atoms with Gasteiger partial charge in [0.1, 0.15) is 12.4 Å². The van der Waals surface area contributed by atoms with Crippen LogP contribution in [0, 0.1) is 0 Å². The molecule has 0 fully saturated rings. The van der Waals surface area contributed by atoms with Crippen molar-refractivity contribution in [2.24, 2.45) is 0 Å². The van der Waals surface area contributed by atoms with Crippen LogP contribution in [-0.2, 0) is 10.0 Å². The molecular formula is C25H39N7O4S. The molecule has 2 aromatic heterocycles. The number of likely N-dealkylation sites (N-methyl/N-ethyl adjacent to an activating group) is 1. The Bertz CT molecular complexity index is 1280. The van der Waals surface area contributed by atoms with Gasteiger partial charge in [-0.3, -0.25) is 0 Å². The molecular weight excluding hydrogens is 494 g/mol. The number of nitrogens with one attached hydrogen (secondary N) is 1. The predicted octanol–water partition coefficient (Wildman–Crippen LogP) is 3.02. The summed E-state index contributed by atoms with van der Waals surface area (Å²) in [5, 5.41) is 7.91. The van der Waals surface area contributed by atoms with Gasteiger partial charge in [-0.25, -0.2) is 12.7 Å². The molecule has 1 N–H and O–H groups in total. The molecule has 2 heterocycles. The van der Waals surface area contributed by atoms with Crippen LogP contribution < -0.4 is 14.8 Å². The lowest BCUT2D eigenvalue weighted by atomic mass is 10.1. The third-order valence-corrected chi connectivity index (χ3v) is 7.99. The van der Waals surface area contributed by atoms with Crippen LogP contribution in [0.3, 0.4) is 0 Å². The first kappa shape index (κ1) is 28.6. The Hall–Kier alpha value is -2.96. The maximum Gasteiger partial charge on any atom is 0.321 e. The van der Waals surface area contributed by atoms with Crippen LogP contribution in [0.2, 0.25) is 0 Å². The number of anilines is 1. The van der Waals surface area contributed by atoms with Gasteiger partial charge in [0.25, 0.3) is 0 Å². The van der Waals surface area contributed by atoms with Crippen LogP contribution in [0.4, 0.5) is 5.95 Å². The van der Waals surface area contributed by atoms with E-state index in [9.17, 15) is 8.42 Å². The molecule has 204 valence electrons. The quantitative estimate of drug-likeness (QED) is 0.334. The molecule has 1 aromatic carbocycles. The van der Waals surface area contributed by atoms with Crippen molar-refractivity contribution < 1.29 is 17.9 Å². The number of hydrogen-bond donors (Lipinski definition) is 1. The van der Waals surface area contributed by atoms with E-state index in [4.69, 9.17) is 9.47 Å². The Morgan fingerprint density at radius 2 is 1.86 bits per heavy atom. The van der Waals surface area contributed by atoms with Crippen LogP contribution >= 0.6 is 0 Å². The van der Waals surface area contributed by atoms with Gasteiger partial charge in [0.05, 0.1) is 25.1 Å². The molecule has 0 bridgehead atoms. The first-order valence-corrected chi connectivity index (χ1v) is 14.0. The standard InChI is InChI=1S/C25H39N7O4S/c1-18(2)22-17-26-32-23(22)28-25(36-14-13-31(6)37(33,34)15-9-12-30(4)5)29-24(32)27-19(3)20-10-8-11-21(16-20)35-7/h8,10-11,16-19H,9,12-15H2,1-7H3,(H,27,28,29)/t19-/m0/s1. The van der Waals surface area contributed by atoms with Crippen molar-refractivity contribution in [2.75, 3.05) is 59.0 Å². The molecule has 12 heteroatoms. The highest BCUT2D eigenvalue weighted by atomic mass is 32.2. The summed E-state index contributed by atoms with van der Waals surface area (Å²) < 4.78 is 39.3. The largest absolute Gasteiger partial charge is 0.497 e. The summed E-state index contributed by atoms with van der Waals surface area (Å²) >= 11 is 0. The first-order valence-electron chi connectivity index (χ1n) is 12.4. The molecule has 0 saturated heterocycles. The number of methoxy groups -OCH3 is 1. The van der Waals surface area contributed by atoms with Gasteiger partial charge in [0.15, 0.2) is 5.65 Å². The second-order valence-electron chi connectivity index (χ2n) is 9.61. The zero-order valence-corrected chi connectivity index (χ0v) is 23.6. The Kier molecular flexibility index (Phi) is 9.68. The van der Waals surface area contributed by atoms with Crippen molar-refractivity contribution in [1.82, 2.24) is 28.8 Å². The van der Waals surface area contributed by atoms with Crippen LogP contribution in [0.15, 0.2) is 30.5 Å². The Morgan fingerprint density at radius 3 is 2.54 bits per heavy atom. The fraction of sp³-hybridized carbons (Fsp3) is 0.560. The van der Waals surface area contributed by atoms with Crippen molar-refractivity contribution in [3.63, 3.8) is 0 Å². The van der Waals surface area contributed by atoms with E-state index in [1.807, 2.05) is 50.2 Å². The minimum absolute atomic E-state index is 0.0912. The summed E-state index contributed by atoms with van der Waals surface area (Å²) in [6, 6.07) is 7.86. The van der Waals surface area contributed by atoms with E-state index in [1.54, 1.807) is 24.9 Å². The van der Waals surface area contributed by atoms with Gasteiger partial charge in [-0.1, -0.05) is 26.0 Å². The van der Waals surface area contributed by atoms with Gasteiger partial charge < -0.3 is 19.7 Å². The molecule has 37 heavy (non-hydrogen) atoms. The van der Waals surface area contributed by atoms with E-state index < -0.39 is 10.0 Å². The van der Waals surface area contributed by atoms with E-state index >= 15 is 0 Å². The summed E-state index contributed by atoms with van der Waals surface area (Å²) in [5.74, 6) is 1.53. The summed E-state index contributed by atoms with van der Waals surface area (Å²) in [5.41, 5.74) is 2.63. The molecule has 0 spiro atoms. The molecule has 0 saturated carbocycles.